The van der Waals surface area contributed by atoms with Crippen molar-refractivity contribution in [2.45, 2.75) is 20.3 Å². The fourth-order valence-corrected chi connectivity index (χ4v) is 2.52. The van der Waals surface area contributed by atoms with Crippen molar-refractivity contribution in [1.29, 1.82) is 0 Å². The Balaban J connectivity index is 1.87. The van der Waals surface area contributed by atoms with E-state index in [2.05, 4.69) is 5.32 Å². The summed E-state index contributed by atoms with van der Waals surface area (Å²) in [6.45, 7) is 3.95. The minimum Gasteiger partial charge on any atom is -0.497 e. The van der Waals surface area contributed by atoms with Crippen molar-refractivity contribution in [3.8, 4) is 5.75 Å². The van der Waals surface area contributed by atoms with Gasteiger partial charge < -0.3 is 15.0 Å². The highest BCUT2D eigenvalue weighted by molar-refractivity contribution is 5.97. The van der Waals surface area contributed by atoms with E-state index in [1.807, 2.05) is 55.5 Å². The third kappa shape index (κ3) is 5.64. The summed E-state index contributed by atoms with van der Waals surface area (Å²) in [6, 6.07) is 15.3. The predicted molar refractivity (Wildman–Crippen MR) is 98.9 cm³/mol. The lowest BCUT2D eigenvalue weighted by Crippen LogP contribution is -2.40. The number of carbonyl (C=O) groups is 2. The number of aryl methyl sites for hydroxylation is 1. The lowest BCUT2D eigenvalue weighted by atomic mass is 10.1. The van der Waals surface area contributed by atoms with Crippen LogP contribution >= 0.6 is 0 Å². The van der Waals surface area contributed by atoms with Gasteiger partial charge in [0, 0.05) is 19.2 Å². The van der Waals surface area contributed by atoms with Gasteiger partial charge in [0.1, 0.15) is 12.3 Å². The van der Waals surface area contributed by atoms with Crippen LogP contribution in [0.15, 0.2) is 48.5 Å². The van der Waals surface area contributed by atoms with Crippen molar-refractivity contribution in [3.05, 3.63) is 59.7 Å². The zero-order chi connectivity index (χ0) is 18.2. The van der Waals surface area contributed by atoms with Crippen molar-refractivity contribution >= 4 is 17.5 Å². The predicted octanol–water partition coefficient (Wildman–Crippen LogP) is 2.72. The maximum Gasteiger partial charge on any atom is 0.240 e. The van der Waals surface area contributed by atoms with Crippen molar-refractivity contribution in [3.63, 3.8) is 0 Å². The van der Waals surface area contributed by atoms with E-state index in [4.69, 9.17) is 4.74 Å². The third-order valence-corrected chi connectivity index (χ3v) is 3.89. The fourth-order valence-electron chi connectivity index (χ4n) is 2.52. The first-order chi connectivity index (χ1) is 12.0. The summed E-state index contributed by atoms with van der Waals surface area (Å²) >= 11 is 0. The van der Waals surface area contributed by atoms with E-state index in [1.54, 1.807) is 7.11 Å². The molecule has 0 saturated carbocycles. The number of carbonyl (C=O) groups excluding carboxylic acids is 2. The number of benzene rings is 2. The summed E-state index contributed by atoms with van der Waals surface area (Å²) < 4.78 is 5.12. The van der Waals surface area contributed by atoms with Gasteiger partial charge in [-0.25, -0.2) is 0 Å². The first kappa shape index (κ1) is 18.5. The van der Waals surface area contributed by atoms with Crippen LogP contribution in [0.3, 0.4) is 0 Å². The van der Waals surface area contributed by atoms with Crippen LogP contribution in [0.25, 0.3) is 0 Å². The SMILES string of the molecule is COc1ccc(CCNC(=O)CN(C(C)=O)c2cccc(C)c2)cc1. The molecule has 2 rings (SSSR count). The number of ether oxygens (including phenoxy) is 1. The van der Waals surface area contributed by atoms with Gasteiger partial charge in [-0.2, -0.15) is 0 Å². The van der Waals surface area contributed by atoms with Crippen LogP contribution < -0.4 is 15.0 Å². The van der Waals surface area contributed by atoms with Gasteiger partial charge in [0.25, 0.3) is 0 Å². The average molecular weight is 340 g/mol. The molecule has 0 saturated heterocycles. The van der Waals surface area contributed by atoms with Crippen LogP contribution in [-0.2, 0) is 16.0 Å². The molecule has 0 aliphatic carbocycles. The van der Waals surface area contributed by atoms with Gasteiger partial charge in [0.05, 0.1) is 7.11 Å². The fraction of sp³-hybridized carbons (Fsp3) is 0.300. The molecule has 0 aliphatic heterocycles. The van der Waals surface area contributed by atoms with E-state index in [0.717, 1.165) is 29.0 Å². The summed E-state index contributed by atoms with van der Waals surface area (Å²) in [6.07, 6.45) is 0.722. The Hall–Kier alpha value is -2.82. The van der Waals surface area contributed by atoms with E-state index in [-0.39, 0.29) is 18.4 Å². The molecule has 0 heterocycles. The van der Waals surface area contributed by atoms with Crippen LogP contribution in [0.4, 0.5) is 5.69 Å². The second-order valence-corrected chi connectivity index (χ2v) is 5.89. The number of hydrogen-bond acceptors (Lipinski definition) is 3. The minimum absolute atomic E-state index is 0.0153. The molecule has 0 aliphatic rings. The molecule has 1 N–H and O–H groups in total. The van der Waals surface area contributed by atoms with Crippen LogP contribution in [0.5, 0.6) is 5.75 Å². The normalized spacial score (nSPS) is 10.2. The molecule has 0 aromatic heterocycles. The average Bonchev–Trinajstić information content (AvgIpc) is 2.60. The van der Waals surface area contributed by atoms with Crippen molar-refractivity contribution in [2.24, 2.45) is 0 Å². The molecule has 0 bridgehead atoms. The molecule has 2 aromatic carbocycles. The molecule has 0 fully saturated rings. The summed E-state index contributed by atoms with van der Waals surface area (Å²) in [4.78, 5) is 25.5. The molecule has 25 heavy (non-hydrogen) atoms. The van der Waals surface area contributed by atoms with Gasteiger partial charge in [0.15, 0.2) is 0 Å². The Morgan fingerprint density at radius 2 is 1.84 bits per heavy atom. The largest absolute Gasteiger partial charge is 0.497 e. The Labute approximate surface area is 148 Å². The topological polar surface area (TPSA) is 58.6 Å². The molecule has 0 spiro atoms. The van der Waals surface area contributed by atoms with Gasteiger partial charge in [-0.1, -0.05) is 24.3 Å². The molecule has 0 atom stereocenters. The molecule has 5 nitrogen and oxygen atoms in total. The Morgan fingerprint density at radius 3 is 2.44 bits per heavy atom. The zero-order valence-corrected chi connectivity index (χ0v) is 14.9. The van der Waals surface area contributed by atoms with Crippen molar-refractivity contribution < 1.29 is 14.3 Å². The quantitative estimate of drug-likeness (QED) is 0.843. The smallest absolute Gasteiger partial charge is 0.240 e. The van der Waals surface area contributed by atoms with Crippen molar-refractivity contribution in [2.75, 3.05) is 25.1 Å². The molecule has 2 amide bonds. The summed E-state index contributed by atoms with van der Waals surface area (Å²) in [5, 5.41) is 2.87. The number of rotatable bonds is 7. The Bertz CT molecular complexity index is 726. The van der Waals surface area contributed by atoms with Gasteiger partial charge in [-0.15, -0.1) is 0 Å². The van der Waals surface area contributed by atoms with Crippen LogP contribution in [0.2, 0.25) is 0 Å². The molecule has 0 unspecified atom stereocenters. The number of nitrogens with one attached hydrogen (secondary N) is 1. The van der Waals surface area contributed by atoms with E-state index in [9.17, 15) is 9.59 Å². The Morgan fingerprint density at radius 1 is 1.12 bits per heavy atom. The number of anilines is 1. The maximum atomic E-state index is 12.2. The third-order valence-electron chi connectivity index (χ3n) is 3.89. The van der Waals surface area contributed by atoms with Gasteiger partial charge in [0.2, 0.25) is 11.8 Å². The first-order valence-electron chi connectivity index (χ1n) is 8.24. The van der Waals surface area contributed by atoms with E-state index in [0.29, 0.717) is 6.54 Å². The minimum atomic E-state index is -0.176. The molecule has 132 valence electrons. The second kappa shape index (κ2) is 8.87. The maximum absolute atomic E-state index is 12.2. The molecular weight excluding hydrogens is 316 g/mol. The zero-order valence-electron chi connectivity index (χ0n) is 14.9. The second-order valence-electron chi connectivity index (χ2n) is 5.89. The number of nitrogens with zero attached hydrogens (tertiary/aromatic N) is 1. The van der Waals surface area contributed by atoms with Gasteiger partial charge in [-0.3, -0.25) is 9.59 Å². The number of methoxy groups -OCH3 is 1. The van der Waals surface area contributed by atoms with Crippen LogP contribution in [0, 0.1) is 6.92 Å². The summed E-state index contributed by atoms with van der Waals surface area (Å²) in [7, 11) is 1.63. The van der Waals surface area contributed by atoms with Gasteiger partial charge in [-0.05, 0) is 48.7 Å². The standard InChI is InChI=1S/C20H24N2O3/c1-15-5-4-6-18(13-15)22(16(2)23)14-20(24)21-12-11-17-7-9-19(25-3)10-8-17/h4-10,13H,11-12,14H2,1-3H3,(H,21,24). The lowest BCUT2D eigenvalue weighted by Gasteiger charge is -2.21. The van der Waals surface area contributed by atoms with Crippen LogP contribution in [0.1, 0.15) is 18.1 Å². The summed E-state index contributed by atoms with van der Waals surface area (Å²) in [5.41, 5.74) is 2.89. The highest BCUT2D eigenvalue weighted by Gasteiger charge is 2.15. The van der Waals surface area contributed by atoms with E-state index < -0.39 is 0 Å². The lowest BCUT2D eigenvalue weighted by molar-refractivity contribution is -0.123. The number of amides is 2. The molecule has 5 heteroatoms. The van der Waals surface area contributed by atoms with Gasteiger partial charge >= 0.3 is 0 Å². The van der Waals surface area contributed by atoms with Crippen molar-refractivity contribution in [1.82, 2.24) is 5.32 Å². The first-order valence-corrected chi connectivity index (χ1v) is 8.24. The summed E-state index contributed by atoms with van der Waals surface area (Å²) in [5.74, 6) is 0.476. The van der Waals surface area contributed by atoms with Crippen LogP contribution in [-0.4, -0.2) is 32.0 Å². The molecular formula is C20H24N2O3. The monoisotopic (exact) mass is 340 g/mol. The highest BCUT2D eigenvalue weighted by Crippen LogP contribution is 2.16. The van der Waals surface area contributed by atoms with E-state index in [1.165, 1.54) is 11.8 Å². The number of hydrogen-bond donors (Lipinski definition) is 1. The van der Waals surface area contributed by atoms with E-state index >= 15 is 0 Å². The Kier molecular flexibility index (Phi) is 6.57. The molecule has 2 aromatic rings. The highest BCUT2D eigenvalue weighted by atomic mass is 16.5. The molecule has 0 radical (unpaired) electrons.